The first-order valence-corrected chi connectivity index (χ1v) is 6.61. The number of halogens is 3. The van der Waals surface area contributed by atoms with Crippen LogP contribution in [0.3, 0.4) is 0 Å². The largest absolute Gasteiger partial charge is 0.416 e. The van der Waals surface area contributed by atoms with Gasteiger partial charge in [-0.15, -0.1) is 0 Å². The highest BCUT2D eigenvalue weighted by Crippen LogP contribution is 2.36. The third kappa shape index (κ3) is 2.52. The van der Waals surface area contributed by atoms with Crippen molar-refractivity contribution in [2.24, 2.45) is 5.73 Å². The van der Waals surface area contributed by atoms with Gasteiger partial charge in [0.25, 0.3) is 5.91 Å². The highest BCUT2D eigenvalue weighted by Gasteiger charge is 2.32. The SMILES string of the molecule is [2H]c1c(C(F)(F)F)ccc(C(N)=O)c1N1Cc2ccccc2C1. The normalized spacial score (nSPS) is 14.7. The first-order chi connectivity index (χ1) is 10.8. The lowest BCUT2D eigenvalue weighted by molar-refractivity contribution is -0.137. The average Bonchev–Trinajstić information content (AvgIpc) is 2.88. The minimum absolute atomic E-state index is 0.0662. The number of anilines is 1. The fourth-order valence-electron chi connectivity index (χ4n) is 2.59. The van der Waals surface area contributed by atoms with Gasteiger partial charge in [-0.3, -0.25) is 4.79 Å². The predicted molar refractivity (Wildman–Crippen MR) is 76.3 cm³/mol. The molecule has 0 bridgehead atoms. The molecule has 0 atom stereocenters. The van der Waals surface area contributed by atoms with Gasteiger partial charge in [0.15, 0.2) is 0 Å². The van der Waals surface area contributed by atoms with Gasteiger partial charge in [-0.1, -0.05) is 24.3 Å². The van der Waals surface area contributed by atoms with E-state index in [1.165, 1.54) is 0 Å². The molecule has 1 aliphatic heterocycles. The number of rotatable bonds is 2. The van der Waals surface area contributed by atoms with Crippen LogP contribution >= 0.6 is 0 Å². The fraction of sp³-hybridized carbons (Fsp3) is 0.188. The second-order valence-electron chi connectivity index (χ2n) is 5.12. The zero-order valence-corrected chi connectivity index (χ0v) is 11.4. The van der Waals surface area contributed by atoms with Crippen molar-refractivity contribution in [3.63, 3.8) is 0 Å². The fourth-order valence-corrected chi connectivity index (χ4v) is 2.59. The Morgan fingerprint density at radius 3 is 2.23 bits per heavy atom. The Kier molecular flexibility index (Phi) is 3.03. The molecule has 0 aliphatic carbocycles. The van der Waals surface area contributed by atoms with Gasteiger partial charge in [0, 0.05) is 13.1 Å². The second kappa shape index (κ2) is 5.05. The summed E-state index contributed by atoms with van der Waals surface area (Å²) in [5.74, 6) is -0.849. The molecule has 0 saturated heterocycles. The molecule has 3 nitrogen and oxygen atoms in total. The lowest BCUT2D eigenvalue weighted by Crippen LogP contribution is -2.22. The zero-order valence-electron chi connectivity index (χ0n) is 12.4. The standard InChI is InChI=1S/C16H13F3N2O/c17-16(18,19)12-5-6-13(15(20)22)14(7-12)21-8-10-3-1-2-4-11(10)9-21/h1-7H,8-9H2,(H2,20,22)/i7D. The van der Waals surface area contributed by atoms with Gasteiger partial charge in [0.05, 0.1) is 18.2 Å². The number of hydrogen-bond donors (Lipinski definition) is 1. The highest BCUT2D eigenvalue weighted by molar-refractivity contribution is 5.99. The highest BCUT2D eigenvalue weighted by atomic mass is 19.4. The van der Waals surface area contributed by atoms with E-state index in [1.807, 2.05) is 24.3 Å². The first kappa shape index (κ1) is 13.2. The summed E-state index contributed by atoms with van der Waals surface area (Å²) in [5.41, 5.74) is 5.99. The van der Waals surface area contributed by atoms with E-state index in [0.717, 1.165) is 23.3 Å². The van der Waals surface area contributed by atoms with Crippen molar-refractivity contribution >= 4 is 11.6 Å². The maximum atomic E-state index is 13.1. The van der Waals surface area contributed by atoms with Crippen molar-refractivity contribution in [3.8, 4) is 0 Å². The Balaban J connectivity index is 2.13. The number of benzene rings is 2. The number of nitrogens with two attached hydrogens (primary N) is 1. The summed E-state index contributed by atoms with van der Waals surface area (Å²) in [4.78, 5) is 13.2. The Labute approximate surface area is 126 Å². The van der Waals surface area contributed by atoms with Crippen LogP contribution in [-0.4, -0.2) is 5.91 Å². The minimum atomic E-state index is -4.66. The van der Waals surface area contributed by atoms with Crippen molar-refractivity contribution in [2.45, 2.75) is 19.3 Å². The maximum absolute atomic E-state index is 13.1. The number of amides is 1. The molecule has 0 spiro atoms. The van der Waals surface area contributed by atoms with E-state index in [0.29, 0.717) is 13.1 Å². The van der Waals surface area contributed by atoms with E-state index in [9.17, 15) is 18.0 Å². The molecule has 1 aliphatic rings. The minimum Gasteiger partial charge on any atom is -0.366 e. The van der Waals surface area contributed by atoms with Crippen molar-refractivity contribution in [1.29, 1.82) is 0 Å². The summed E-state index contributed by atoms with van der Waals surface area (Å²) in [6.07, 6.45) is -4.66. The lowest BCUT2D eigenvalue weighted by Gasteiger charge is -2.22. The van der Waals surface area contributed by atoms with Crippen molar-refractivity contribution in [2.75, 3.05) is 4.90 Å². The Hall–Kier alpha value is -2.50. The Bertz CT molecular complexity index is 764. The molecule has 2 N–H and O–H groups in total. The van der Waals surface area contributed by atoms with Crippen LogP contribution in [0.15, 0.2) is 42.4 Å². The number of primary amides is 1. The van der Waals surface area contributed by atoms with Crippen LogP contribution in [-0.2, 0) is 19.3 Å². The van der Waals surface area contributed by atoms with E-state index in [2.05, 4.69) is 0 Å². The summed E-state index contributed by atoms with van der Waals surface area (Å²) < 4.78 is 47.1. The molecular formula is C16H13F3N2O. The van der Waals surface area contributed by atoms with Crippen LogP contribution < -0.4 is 10.6 Å². The molecule has 3 rings (SSSR count). The van der Waals surface area contributed by atoms with E-state index in [1.54, 1.807) is 4.90 Å². The number of carbonyl (C=O) groups is 1. The molecule has 0 saturated carbocycles. The molecule has 0 fully saturated rings. The topological polar surface area (TPSA) is 46.3 Å². The lowest BCUT2D eigenvalue weighted by atomic mass is 10.1. The number of alkyl halides is 3. The van der Waals surface area contributed by atoms with Crippen LogP contribution in [0.25, 0.3) is 0 Å². The third-order valence-corrected chi connectivity index (χ3v) is 3.65. The molecule has 114 valence electrons. The molecule has 0 aromatic heterocycles. The van der Waals surface area contributed by atoms with Gasteiger partial charge >= 0.3 is 6.18 Å². The van der Waals surface area contributed by atoms with Crippen LogP contribution in [0.4, 0.5) is 18.9 Å². The van der Waals surface area contributed by atoms with Gasteiger partial charge < -0.3 is 10.6 Å². The molecular weight excluding hydrogens is 293 g/mol. The van der Waals surface area contributed by atoms with Gasteiger partial charge in [0.1, 0.15) is 0 Å². The van der Waals surface area contributed by atoms with Crippen molar-refractivity contribution in [3.05, 3.63) is 64.7 Å². The van der Waals surface area contributed by atoms with Crippen LogP contribution in [0.5, 0.6) is 0 Å². The van der Waals surface area contributed by atoms with Gasteiger partial charge in [0.2, 0.25) is 0 Å². The molecule has 2 aromatic rings. The van der Waals surface area contributed by atoms with Crippen LogP contribution in [0.1, 0.15) is 28.4 Å². The molecule has 22 heavy (non-hydrogen) atoms. The smallest absolute Gasteiger partial charge is 0.366 e. The van der Waals surface area contributed by atoms with Crippen molar-refractivity contribution in [1.82, 2.24) is 0 Å². The summed E-state index contributed by atoms with van der Waals surface area (Å²) in [5, 5.41) is 0. The Morgan fingerprint density at radius 1 is 1.14 bits per heavy atom. The maximum Gasteiger partial charge on any atom is 0.416 e. The first-order valence-electron chi connectivity index (χ1n) is 7.11. The van der Waals surface area contributed by atoms with E-state index in [4.69, 9.17) is 7.10 Å². The quantitative estimate of drug-likeness (QED) is 0.925. The monoisotopic (exact) mass is 307 g/mol. The summed E-state index contributed by atoms with van der Waals surface area (Å²) >= 11 is 0. The summed E-state index contributed by atoms with van der Waals surface area (Å²) in [7, 11) is 0. The summed E-state index contributed by atoms with van der Waals surface area (Å²) in [6.45, 7) is 0.674. The van der Waals surface area contributed by atoms with E-state index in [-0.39, 0.29) is 11.3 Å². The average molecular weight is 307 g/mol. The molecule has 1 heterocycles. The molecule has 6 heteroatoms. The van der Waals surface area contributed by atoms with Gasteiger partial charge in [-0.25, -0.2) is 0 Å². The van der Waals surface area contributed by atoms with Crippen molar-refractivity contribution < 1.29 is 19.3 Å². The number of carbonyl (C=O) groups excluding carboxylic acids is 1. The second-order valence-corrected chi connectivity index (χ2v) is 5.12. The zero-order chi connectivity index (χ0) is 16.8. The van der Waals surface area contributed by atoms with E-state index < -0.39 is 23.7 Å². The van der Waals surface area contributed by atoms with E-state index >= 15 is 0 Å². The molecule has 2 aromatic carbocycles. The van der Waals surface area contributed by atoms with Gasteiger partial charge in [-0.2, -0.15) is 13.2 Å². The van der Waals surface area contributed by atoms with Crippen LogP contribution in [0.2, 0.25) is 0 Å². The molecule has 1 amide bonds. The van der Waals surface area contributed by atoms with Crippen LogP contribution in [0, 0.1) is 0 Å². The van der Waals surface area contributed by atoms with Gasteiger partial charge in [-0.05, 0) is 29.3 Å². The predicted octanol–water partition coefficient (Wildman–Crippen LogP) is 3.32. The Morgan fingerprint density at radius 2 is 1.73 bits per heavy atom. The number of nitrogens with zero attached hydrogens (tertiary/aromatic N) is 1. The molecule has 0 unspecified atom stereocenters. The number of fused-ring (bicyclic) bond motifs is 1. The summed E-state index contributed by atoms with van der Waals surface area (Å²) in [6, 6.07) is 8.47. The third-order valence-electron chi connectivity index (χ3n) is 3.65. The molecule has 0 radical (unpaired) electrons. The number of hydrogen-bond acceptors (Lipinski definition) is 2.